The molecule has 0 fully saturated rings. The van der Waals surface area contributed by atoms with Crippen molar-refractivity contribution in [3.05, 3.63) is 23.8 Å². The first-order chi connectivity index (χ1) is 2.89. The fourth-order valence-corrected chi connectivity index (χ4v) is 0.515. The van der Waals surface area contributed by atoms with Gasteiger partial charge in [0.05, 0.1) is 0 Å². The Hall–Kier alpha value is 1.82. The first-order valence-corrected chi connectivity index (χ1v) is 2.13. The van der Waals surface area contributed by atoms with Crippen LogP contribution in [0, 0.1) is 6.08 Å². The fraction of sp³-hybridized carbons (Fsp3) is 0.333. The van der Waals surface area contributed by atoms with Crippen LogP contribution in [0.4, 0.5) is 0 Å². The van der Waals surface area contributed by atoms with E-state index in [9.17, 15) is 0 Å². The van der Waals surface area contributed by atoms with Gasteiger partial charge in [-0.25, -0.2) is 11.6 Å². The van der Waals surface area contributed by atoms with E-state index >= 15 is 0 Å². The second kappa shape index (κ2) is 9.82. The van der Waals surface area contributed by atoms with E-state index in [2.05, 4.69) is 25.2 Å². The topological polar surface area (TPSA) is 0 Å². The largest absolute Gasteiger partial charge is 3.00 e. The maximum atomic E-state index is 3.12. The van der Waals surface area contributed by atoms with Crippen LogP contribution >= 0.6 is 0 Å². The molecule has 0 aliphatic heterocycles. The molecule has 0 saturated carbocycles. The first kappa shape index (κ1) is 17.1. The van der Waals surface area contributed by atoms with Gasteiger partial charge in [-0.3, -0.25) is 6.08 Å². The second-order valence-corrected chi connectivity index (χ2v) is 1.47. The van der Waals surface area contributed by atoms with Gasteiger partial charge in [0.1, 0.15) is 0 Å². The SMILES string of the molecule is CC1=[C-]CC=C1.[I-].[I-].[Zr+3]. The minimum absolute atomic E-state index is 0. The molecule has 9 heavy (non-hydrogen) atoms. The van der Waals surface area contributed by atoms with Crippen molar-refractivity contribution in [3.63, 3.8) is 0 Å². The van der Waals surface area contributed by atoms with Crippen molar-refractivity contribution in [1.29, 1.82) is 0 Å². The van der Waals surface area contributed by atoms with Crippen LogP contribution in [0.3, 0.4) is 0 Å². The summed E-state index contributed by atoms with van der Waals surface area (Å²) in [7, 11) is 0. The Morgan fingerprint density at radius 3 is 2.11 bits per heavy atom. The standard InChI is InChI=1S/C6H7.2HI.Zr/c1-6-4-2-3-5-6;;;/h2,4H,3H2,1H3;2*1H;/q-1;;;+3/p-2. The van der Waals surface area contributed by atoms with E-state index in [4.69, 9.17) is 0 Å². The van der Waals surface area contributed by atoms with Gasteiger partial charge in [0.25, 0.3) is 0 Å². The molecular formula is C6H7I2Zr. The Balaban J connectivity index is -0.000000120. The van der Waals surface area contributed by atoms with Crippen molar-refractivity contribution in [3.8, 4) is 0 Å². The molecule has 0 aromatic rings. The molecule has 1 aliphatic rings. The third kappa shape index (κ3) is 7.72. The molecule has 0 heterocycles. The summed E-state index contributed by atoms with van der Waals surface area (Å²) >= 11 is 0. The number of hydrogen-bond donors (Lipinski definition) is 0. The van der Waals surface area contributed by atoms with Crippen LogP contribution < -0.4 is 48.0 Å². The molecule has 0 N–H and O–H groups in total. The minimum atomic E-state index is 0. The molecular weight excluding hydrogens is 417 g/mol. The van der Waals surface area contributed by atoms with Crippen LogP contribution in [0.25, 0.3) is 0 Å². The molecule has 1 aliphatic carbocycles. The summed E-state index contributed by atoms with van der Waals surface area (Å²) in [5.41, 5.74) is 1.27. The van der Waals surface area contributed by atoms with Crippen molar-refractivity contribution in [1.82, 2.24) is 0 Å². The van der Waals surface area contributed by atoms with Gasteiger partial charge in [0.15, 0.2) is 0 Å². The average molecular weight is 424 g/mol. The molecule has 49 valence electrons. The predicted octanol–water partition coefficient (Wildman–Crippen LogP) is -4.30. The number of rotatable bonds is 0. The predicted molar refractivity (Wildman–Crippen MR) is 26.2 cm³/mol. The van der Waals surface area contributed by atoms with Gasteiger partial charge in [-0.05, 0) is 0 Å². The summed E-state index contributed by atoms with van der Waals surface area (Å²) in [6.07, 6.45) is 8.33. The van der Waals surface area contributed by atoms with Gasteiger partial charge in [0.2, 0.25) is 0 Å². The van der Waals surface area contributed by atoms with Crippen LogP contribution in [-0.4, -0.2) is 0 Å². The van der Waals surface area contributed by atoms with Crippen LogP contribution in [0.5, 0.6) is 0 Å². The Bertz CT molecular complexity index is 105. The maximum Gasteiger partial charge on any atom is 3.00 e. The van der Waals surface area contributed by atoms with Crippen molar-refractivity contribution >= 4 is 0 Å². The van der Waals surface area contributed by atoms with Crippen LogP contribution in [0.15, 0.2) is 17.7 Å². The average Bonchev–Trinajstić information content (AvgIpc) is 1.86. The Morgan fingerprint density at radius 1 is 1.44 bits per heavy atom. The normalized spacial score (nSPS) is 12.3. The molecule has 0 saturated heterocycles. The third-order valence-corrected chi connectivity index (χ3v) is 0.867. The summed E-state index contributed by atoms with van der Waals surface area (Å²) in [6.45, 7) is 2.06. The summed E-state index contributed by atoms with van der Waals surface area (Å²) in [6, 6.07) is 0. The summed E-state index contributed by atoms with van der Waals surface area (Å²) < 4.78 is 0. The number of halogens is 2. The number of hydrogen-bond acceptors (Lipinski definition) is 0. The molecule has 3 heteroatoms. The van der Waals surface area contributed by atoms with E-state index in [1.807, 2.05) is 0 Å². The zero-order valence-corrected chi connectivity index (χ0v) is 11.9. The molecule has 0 aromatic heterocycles. The minimum Gasteiger partial charge on any atom is -1.00 e. The van der Waals surface area contributed by atoms with Crippen molar-refractivity contribution in [2.45, 2.75) is 13.3 Å². The molecule has 0 bridgehead atoms. The van der Waals surface area contributed by atoms with E-state index in [0.29, 0.717) is 0 Å². The zero-order valence-electron chi connectivity index (χ0n) is 5.12. The number of allylic oxidation sites excluding steroid dienone is 4. The van der Waals surface area contributed by atoms with E-state index in [0.717, 1.165) is 6.42 Å². The molecule has 0 unspecified atom stereocenters. The fourth-order valence-electron chi connectivity index (χ4n) is 0.515. The van der Waals surface area contributed by atoms with E-state index in [-0.39, 0.29) is 74.2 Å². The van der Waals surface area contributed by atoms with Gasteiger partial charge >= 0.3 is 26.2 Å². The van der Waals surface area contributed by atoms with Gasteiger partial charge in [-0.1, -0.05) is 6.92 Å². The quantitative estimate of drug-likeness (QED) is 0.273. The molecule has 0 nitrogen and oxygen atoms in total. The van der Waals surface area contributed by atoms with E-state index in [1.54, 1.807) is 0 Å². The van der Waals surface area contributed by atoms with Gasteiger partial charge in [-0.2, -0.15) is 6.08 Å². The van der Waals surface area contributed by atoms with E-state index < -0.39 is 0 Å². The van der Waals surface area contributed by atoms with Gasteiger partial charge < -0.3 is 48.0 Å². The van der Waals surface area contributed by atoms with Gasteiger partial charge in [-0.15, -0.1) is 6.42 Å². The smallest absolute Gasteiger partial charge is 1.00 e. The van der Waals surface area contributed by atoms with Crippen molar-refractivity contribution < 1.29 is 74.2 Å². The monoisotopic (exact) mass is 423 g/mol. The Labute approximate surface area is 110 Å². The zero-order chi connectivity index (χ0) is 4.41. The van der Waals surface area contributed by atoms with Crippen molar-refractivity contribution in [2.24, 2.45) is 0 Å². The maximum absolute atomic E-state index is 3.12. The molecule has 0 aromatic carbocycles. The summed E-state index contributed by atoms with van der Waals surface area (Å²) in [5, 5.41) is 0. The molecule has 0 atom stereocenters. The second-order valence-electron chi connectivity index (χ2n) is 1.47. The van der Waals surface area contributed by atoms with Crippen LogP contribution in [0.2, 0.25) is 0 Å². The molecule has 0 amide bonds. The Kier molecular flexibility index (Phi) is 18.6. The Morgan fingerprint density at radius 2 is 2.00 bits per heavy atom. The van der Waals surface area contributed by atoms with E-state index in [1.165, 1.54) is 5.57 Å². The van der Waals surface area contributed by atoms with Crippen molar-refractivity contribution in [2.75, 3.05) is 0 Å². The molecule has 1 rings (SSSR count). The molecule has 0 spiro atoms. The summed E-state index contributed by atoms with van der Waals surface area (Å²) in [4.78, 5) is 0. The van der Waals surface area contributed by atoms with Crippen LogP contribution in [0.1, 0.15) is 13.3 Å². The van der Waals surface area contributed by atoms with Gasteiger partial charge in [0, 0.05) is 0 Å². The van der Waals surface area contributed by atoms with Crippen LogP contribution in [-0.2, 0) is 26.2 Å². The molecule has 1 radical (unpaired) electrons. The first-order valence-electron chi connectivity index (χ1n) is 2.13. The summed E-state index contributed by atoms with van der Waals surface area (Å²) in [5.74, 6) is 0. The third-order valence-electron chi connectivity index (χ3n) is 0.867.